The number of pyridine rings is 2. The van der Waals surface area contributed by atoms with Crippen molar-refractivity contribution in [2.24, 2.45) is 0 Å². The number of nitrogen functional groups attached to an aromatic ring is 1. The van der Waals surface area contributed by atoms with Crippen LogP contribution < -0.4 is 15.2 Å². The van der Waals surface area contributed by atoms with Crippen LogP contribution in [0.3, 0.4) is 0 Å². The number of methoxy groups -OCH3 is 2. The molecule has 1 aliphatic heterocycles. The average Bonchev–Trinajstić information content (AvgIpc) is 3.10. The number of nitrogens with zero attached hydrogens (tertiary/aromatic N) is 3. The Kier molecular flexibility index (Phi) is 4.58. The predicted octanol–water partition coefficient (Wildman–Crippen LogP) is 3.62. The molecule has 0 atom stereocenters. The van der Waals surface area contributed by atoms with Gasteiger partial charge in [0.15, 0.2) is 0 Å². The number of ether oxygens (including phenoxy) is 2. The van der Waals surface area contributed by atoms with E-state index >= 15 is 0 Å². The topological polar surface area (TPSA) is 73.5 Å². The van der Waals surface area contributed by atoms with Crippen molar-refractivity contribution in [1.82, 2.24) is 14.9 Å². The third-order valence-corrected chi connectivity index (χ3v) is 5.07. The van der Waals surface area contributed by atoms with Gasteiger partial charge in [-0.3, -0.25) is 9.88 Å². The molecule has 6 heteroatoms. The third-order valence-electron chi connectivity index (χ3n) is 5.07. The zero-order valence-electron chi connectivity index (χ0n) is 16.0. The van der Waals surface area contributed by atoms with Gasteiger partial charge in [-0.05, 0) is 19.0 Å². The number of nitrogens with two attached hydrogens (primary N) is 1. The Balaban J connectivity index is 1.89. The van der Waals surface area contributed by atoms with Crippen LogP contribution in [0.15, 0.2) is 30.3 Å². The number of para-hydroxylation sites is 1. The largest absolute Gasteiger partial charge is 0.481 e. The number of anilines is 1. The maximum absolute atomic E-state index is 6.56. The quantitative estimate of drug-likeness (QED) is 0.745. The molecule has 0 bridgehead atoms. The molecule has 27 heavy (non-hydrogen) atoms. The summed E-state index contributed by atoms with van der Waals surface area (Å²) in [5, 5.41) is 0.975. The van der Waals surface area contributed by atoms with Gasteiger partial charge in [0.1, 0.15) is 0 Å². The Morgan fingerprint density at radius 1 is 1.04 bits per heavy atom. The fourth-order valence-corrected chi connectivity index (χ4v) is 3.79. The summed E-state index contributed by atoms with van der Waals surface area (Å²) in [7, 11) is 3.20. The number of hydrogen-bond donors (Lipinski definition) is 1. The lowest BCUT2D eigenvalue weighted by Crippen LogP contribution is -2.16. The van der Waals surface area contributed by atoms with Crippen LogP contribution in [0.5, 0.6) is 11.8 Å². The molecule has 1 aromatic carbocycles. The second kappa shape index (κ2) is 7.04. The van der Waals surface area contributed by atoms with Gasteiger partial charge in [0.2, 0.25) is 11.8 Å². The van der Waals surface area contributed by atoms with Crippen LogP contribution in [0.2, 0.25) is 0 Å². The van der Waals surface area contributed by atoms with Crippen molar-refractivity contribution in [1.29, 1.82) is 0 Å². The lowest BCUT2D eigenvalue weighted by atomic mass is 10.00. The molecule has 2 N–H and O–H groups in total. The standard InChI is InChI=1S/C21H24N4O2/c1-4-10-25-11-16-17(12-25)23-20-13(6-5-7-15(20)19(16)22)14-8-9-18(26-2)24-21(14)27-3/h5-9H,4,10-12H2,1-3H3,(H2,22,23). The van der Waals surface area contributed by atoms with Crippen molar-refractivity contribution >= 4 is 16.6 Å². The van der Waals surface area contributed by atoms with Crippen LogP contribution in [-0.4, -0.2) is 35.6 Å². The monoisotopic (exact) mass is 364 g/mol. The Morgan fingerprint density at radius 2 is 1.89 bits per heavy atom. The second-order valence-corrected chi connectivity index (χ2v) is 6.77. The maximum Gasteiger partial charge on any atom is 0.224 e. The van der Waals surface area contributed by atoms with E-state index < -0.39 is 0 Å². The lowest BCUT2D eigenvalue weighted by molar-refractivity contribution is 0.283. The van der Waals surface area contributed by atoms with E-state index in [0.717, 1.165) is 65.0 Å². The molecule has 0 amide bonds. The van der Waals surface area contributed by atoms with Gasteiger partial charge in [0.25, 0.3) is 0 Å². The maximum atomic E-state index is 6.56. The summed E-state index contributed by atoms with van der Waals surface area (Å²) in [6.07, 6.45) is 1.12. The molecule has 3 aromatic rings. The van der Waals surface area contributed by atoms with Crippen molar-refractivity contribution in [3.05, 3.63) is 41.6 Å². The molecular weight excluding hydrogens is 340 g/mol. The van der Waals surface area contributed by atoms with Crippen LogP contribution in [-0.2, 0) is 13.1 Å². The van der Waals surface area contributed by atoms with Gasteiger partial charge in [-0.15, -0.1) is 0 Å². The second-order valence-electron chi connectivity index (χ2n) is 6.77. The van der Waals surface area contributed by atoms with Crippen LogP contribution >= 0.6 is 0 Å². The molecule has 3 heterocycles. The van der Waals surface area contributed by atoms with Crippen molar-refractivity contribution in [2.75, 3.05) is 26.5 Å². The molecule has 0 saturated carbocycles. The summed E-state index contributed by atoms with van der Waals surface area (Å²) in [5.74, 6) is 1.02. The zero-order valence-corrected chi connectivity index (χ0v) is 16.0. The summed E-state index contributed by atoms with van der Waals surface area (Å²) in [6.45, 7) is 4.96. The van der Waals surface area contributed by atoms with Gasteiger partial charge < -0.3 is 15.2 Å². The normalized spacial score (nSPS) is 13.7. The van der Waals surface area contributed by atoms with E-state index in [1.165, 1.54) is 0 Å². The summed E-state index contributed by atoms with van der Waals surface area (Å²) in [5.41, 5.74) is 12.3. The highest BCUT2D eigenvalue weighted by atomic mass is 16.5. The van der Waals surface area contributed by atoms with E-state index in [2.05, 4.69) is 16.8 Å². The minimum absolute atomic E-state index is 0.510. The van der Waals surface area contributed by atoms with Crippen LogP contribution in [0.1, 0.15) is 24.6 Å². The lowest BCUT2D eigenvalue weighted by Gasteiger charge is -2.13. The molecule has 0 spiro atoms. The minimum Gasteiger partial charge on any atom is -0.481 e. The molecule has 0 fully saturated rings. The van der Waals surface area contributed by atoms with E-state index in [4.69, 9.17) is 20.2 Å². The van der Waals surface area contributed by atoms with Crippen LogP contribution in [0.25, 0.3) is 22.0 Å². The first-order valence-electron chi connectivity index (χ1n) is 9.18. The Labute approximate surface area is 158 Å². The molecule has 6 nitrogen and oxygen atoms in total. The molecule has 2 aromatic heterocycles. The molecular formula is C21H24N4O2. The first-order chi connectivity index (χ1) is 13.2. The highest BCUT2D eigenvalue weighted by Gasteiger charge is 2.25. The fraction of sp³-hybridized carbons (Fsp3) is 0.333. The number of hydrogen-bond acceptors (Lipinski definition) is 6. The third kappa shape index (κ3) is 2.96. The Hall–Kier alpha value is -2.86. The summed E-state index contributed by atoms with van der Waals surface area (Å²) < 4.78 is 10.7. The Morgan fingerprint density at radius 3 is 2.63 bits per heavy atom. The van der Waals surface area contributed by atoms with Crippen molar-refractivity contribution in [3.63, 3.8) is 0 Å². The van der Waals surface area contributed by atoms with Gasteiger partial charge in [-0.25, -0.2) is 0 Å². The smallest absolute Gasteiger partial charge is 0.224 e. The molecule has 0 unspecified atom stereocenters. The predicted molar refractivity (Wildman–Crippen MR) is 107 cm³/mol. The number of fused-ring (bicyclic) bond motifs is 2. The molecule has 140 valence electrons. The summed E-state index contributed by atoms with van der Waals surface area (Å²) >= 11 is 0. The van der Waals surface area contributed by atoms with E-state index in [0.29, 0.717) is 11.8 Å². The van der Waals surface area contributed by atoms with Gasteiger partial charge in [0, 0.05) is 46.9 Å². The van der Waals surface area contributed by atoms with Crippen LogP contribution in [0.4, 0.5) is 5.69 Å². The van der Waals surface area contributed by atoms with E-state index in [9.17, 15) is 0 Å². The summed E-state index contributed by atoms with van der Waals surface area (Å²) in [6, 6.07) is 9.86. The van der Waals surface area contributed by atoms with E-state index in [1.54, 1.807) is 14.2 Å². The van der Waals surface area contributed by atoms with Crippen molar-refractivity contribution < 1.29 is 9.47 Å². The van der Waals surface area contributed by atoms with E-state index in [1.807, 2.05) is 30.3 Å². The zero-order chi connectivity index (χ0) is 19.0. The number of aromatic nitrogens is 2. The van der Waals surface area contributed by atoms with Gasteiger partial charge in [-0.2, -0.15) is 4.98 Å². The molecule has 0 saturated heterocycles. The minimum atomic E-state index is 0.510. The molecule has 4 rings (SSSR count). The first kappa shape index (κ1) is 17.5. The SMILES string of the molecule is CCCN1Cc2nc3c(-c4ccc(OC)nc4OC)cccc3c(N)c2C1. The van der Waals surface area contributed by atoms with Crippen LogP contribution in [0, 0.1) is 0 Å². The van der Waals surface area contributed by atoms with Gasteiger partial charge >= 0.3 is 0 Å². The van der Waals surface area contributed by atoms with Gasteiger partial charge in [-0.1, -0.05) is 25.1 Å². The first-order valence-corrected chi connectivity index (χ1v) is 9.18. The fourth-order valence-electron chi connectivity index (χ4n) is 3.79. The van der Waals surface area contributed by atoms with Gasteiger partial charge in [0.05, 0.1) is 25.4 Å². The highest BCUT2D eigenvalue weighted by Crippen LogP contribution is 2.39. The number of benzene rings is 1. The Bertz CT molecular complexity index is 1000. The molecule has 1 aliphatic rings. The number of rotatable bonds is 5. The molecule has 0 radical (unpaired) electrons. The molecule has 0 aliphatic carbocycles. The summed E-state index contributed by atoms with van der Waals surface area (Å²) in [4.78, 5) is 11.8. The van der Waals surface area contributed by atoms with Crippen molar-refractivity contribution in [3.8, 4) is 22.9 Å². The average molecular weight is 364 g/mol. The van der Waals surface area contributed by atoms with E-state index in [-0.39, 0.29) is 0 Å². The highest BCUT2D eigenvalue weighted by molar-refractivity contribution is 6.01. The van der Waals surface area contributed by atoms with Crippen molar-refractivity contribution in [2.45, 2.75) is 26.4 Å².